The Morgan fingerprint density at radius 2 is 1.39 bits per heavy atom. The Hall–Kier alpha value is -1.96. The van der Waals surface area contributed by atoms with Gasteiger partial charge in [0.25, 0.3) is 5.91 Å². The quantitative estimate of drug-likeness (QED) is 0.306. The SMILES string of the molecule is O=C1c2ccccc2N(Cc2ccccc2)S(=O)(=O)N1Cc1cc(Cl)c(Cl)c(Cl)c1Cl. The fraction of sp³-hybridized carbons (Fsp3) is 0.0952. The number of anilines is 1. The summed E-state index contributed by atoms with van der Waals surface area (Å²) >= 11 is 24.5. The van der Waals surface area contributed by atoms with Crippen molar-refractivity contribution in [1.82, 2.24) is 4.31 Å². The van der Waals surface area contributed by atoms with Crippen molar-refractivity contribution in [3.8, 4) is 0 Å². The summed E-state index contributed by atoms with van der Waals surface area (Å²) in [5.41, 5.74) is 1.60. The van der Waals surface area contributed by atoms with E-state index in [4.69, 9.17) is 46.4 Å². The average Bonchev–Trinajstić information content (AvgIpc) is 2.77. The lowest BCUT2D eigenvalue weighted by atomic mass is 10.1. The smallest absolute Gasteiger partial charge is 0.268 e. The van der Waals surface area contributed by atoms with Crippen molar-refractivity contribution in [2.75, 3.05) is 4.31 Å². The fourth-order valence-corrected chi connectivity index (χ4v) is 5.79. The van der Waals surface area contributed by atoms with E-state index in [2.05, 4.69) is 0 Å². The van der Waals surface area contributed by atoms with E-state index >= 15 is 0 Å². The number of fused-ring (bicyclic) bond motifs is 1. The van der Waals surface area contributed by atoms with Crippen LogP contribution in [0.3, 0.4) is 0 Å². The van der Waals surface area contributed by atoms with Crippen molar-refractivity contribution in [1.29, 1.82) is 0 Å². The molecule has 0 atom stereocenters. The minimum absolute atomic E-state index is 0.00534. The second-order valence-corrected chi connectivity index (χ2v) is 10.1. The molecule has 0 N–H and O–H groups in total. The van der Waals surface area contributed by atoms with Gasteiger partial charge in [0.2, 0.25) is 0 Å². The minimum atomic E-state index is -4.24. The van der Waals surface area contributed by atoms with E-state index in [0.717, 1.165) is 9.87 Å². The Balaban J connectivity index is 1.82. The van der Waals surface area contributed by atoms with Crippen LogP contribution in [-0.2, 0) is 23.3 Å². The first kappa shape index (κ1) is 22.2. The first-order valence-corrected chi connectivity index (χ1v) is 11.9. The van der Waals surface area contributed by atoms with Crippen molar-refractivity contribution in [2.45, 2.75) is 13.1 Å². The molecule has 0 aromatic heterocycles. The van der Waals surface area contributed by atoms with Crippen LogP contribution in [0.2, 0.25) is 20.1 Å². The molecule has 0 saturated carbocycles. The Morgan fingerprint density at radius 3 is 2.10 bits per heavy atom. The van der Waals surface area contributed by atoms with Gasteiger partial charge in [0.05, 0.1) is 44.4 Å². The Kier molecular flexibility index (Phi) is 6.12. The molecule has 0 spiro atoms. The second-order valence-electron chi connectivity index (χ2n) is 6.79. The number of para-hydroxylation sites is 1. The Bertz CT molecular complexity index is 1280. The van der Waals surface area contributed by atoms with Crippen molar-refractivity contribution in [3.63, 3.8) is 0 Å². The van der Waals surface area contributed by atoms with Crippen LogP contribution < -0.4 is 4.31 Å². The molecule has 3 aromatic carbocycles. The number of nitrogens with zero attached hydrogens (tertiary/aromatic N) is 2. The van der Waals surface area contributed by atoms with Crippen molar-refractivity contribution >= 4 is 68.2 Å². The van der Waals surface area contributed by atoms with Crippen LogP contribution in [0.25, 0.3) is 0 Å². The summed E-state index contributed by atoms with van der Waals surface area (Å²) in [6.07, 6.45) is 0. The molecule has 10 heteroatoms. The maximum Gasteiger partial charge on any atom is 0.329 e. The first-order chi connectivity index (χ1) is 14.7. The molecule has 0 bridgehead atoms. The van der Waals surface area contributed by atoms with E-state index < -0.39 is 16.1 Å². The summed E-state index contributed by atoms with van der Waals surface area (Å²) < 4.78 is 29.0. The maximum atomic E-state index is 13.5. The number of amides is 1. The normalized spacial score (nSPS) is 15.2. The molecule has 0 fully saturated rings. The standard InChI is InChI=1S/C21H14Cl4N2O3S/c22-16-10-14(18(23)20(25)19(16)24)12-27-21(28)15-8-4-5-9-17(15)26(31(27,29)30)11-13-6-2-1-3-7-13/h1-10H,11-12H2. The summed E-state index contributed by atoms with van der Waals surface area (Å²) in [4.78, 5) is 13.2. The number of rotatable bonds is 4. The summed E-state index contributed by atoms with van der Waals surface area (Å²) in [6.45, 7) is -0.296. The summed E-state index contributed by atoms with van der Waals surface area (Å²) in [6, 6.07) is 17.1. The monoisotopic (exact) mass is 514 g/mol. The Labute approximate surface area is 199 Å². The van der Waals surface area contributed by atoms with Gasteiger partial charge in [0.1, 0.15) is 0 Å². The van der Waals surface area contributed by atoms with Crippen LogP contribution in [0.5, 0.6) is 0 Å². The van der Waals surface area contributed by atoms with Crippen LogP contribution in [-0.4, -0.2) is 18.6 Å². The zero-order chi connectivity index (χ0) is 22.3. The minimum Gasteiger partial charge on any atom is -0.268 e. The molecule has 0 unspecified atom stereocenters. The molecule has 3 aromatic rings. The van der Waals surface area contributed by atoms with E-state index in [0.29, 0.717) is 5.69 Å². The van der Waals surface area contributed by atoms with Gasteiger partial charge in [-0.05, 0) is 29.3 Å². The van der Waals surface area contributed by atoms with Crippen LogP contribution in [0.15, 0.2) is 60.7 Å². The third kappa shape index (κ3) is 3.99. The predicted octanol–water partition coefficient (Wildman–Crippen LogP) is 6.21. The lowest BCUT2D eigenvalue weighted by Gasteiger charge is -2.37. The van der Waals surface area contributed by atoms with Gasteiger partial charge in [-0.25, -0.2) is 8.61 Å². The lowest BCUT2D eigenvalue weighted by Crippen LogP contribution is -2.50. The first-order valence-electron chi connectivity index (χ1n) is 9.01. The van der Waals surface area contributed by atoms with E-state index in [-0.39, 0.29) is 44.3 Å². The van der Waals surface area contributed by atoms with E-state index in [1.54, 1.807) is 24.3 Å². The van der Waals surface area contributed by atoms with Gasteiger partial charge in [-0.15, -0.1) is 0 Å². The highest BCUT2D eigenvalue weighted by molar-refractivity contribution is 7.91. The molecule has 1 aliphatic rings. The molecule has 4 rings (SSSR count). The molecule has 160 valence electrons. The highest BCUT2D eigenvalue weighted by Crippen LogP contribution is 2.40. The van der Waals surface area contributed by atoms with Crippen LogP contribution in [0.4, 0.5) is 5.69 Å². The number of halogens is 4. The Morgan fingerprint density at radius 1 is 0.742 bits per heavy atom. The molecule has 0 radical (unpaired) electrons. The van der Waals surface area contributed by atoms with E-state index in [1.165, 1.54) is 10.4 Å². The average molecular weight is 516 g/mol. The lowest BCUT2D eigenvalue weighted by molar-refractivity contribution is 0.0851. The number of hydrogen-bond donors (Lipinski definition) is 0. The molecule has 0 aliphatic carbocycles. The fourth-order valence-electron chi connectivity index (χ4n) is 3.32. The summed E-state index contributed by atoms with van der Waals surface area (Å²) in [5, 5.41) is 0.192. The van der Waals surface area contributed by atoms with Gasteiger partial charge in [-0.1, -0.05) is 88.9 Å². The van der Waals surface area contributed by atoms with Crippen LogP contribution in [0, 0.1) is 0 Å². The third-order valence-corrected chi connectivity index (χ3v) is 8.37. The summed E-state index contributed by atoms with van der Waals surface area (Å²) in [5.74, 6) is -0.668. The maximum absolute atomic E-state index is 13.5. The highest BCUT2D eigenvalue weighted by Gasteiger charge is 2.42. The molecule has 1 aliphatic heterocycles. The summed E-state index contributed by atoms with van der Waals surface area (Å²) in [7, 11) is -4.24. The number of hydrogen-bond acceptors (Lipinski definition) is 3. The molecule has 1 amide bonds. The molecular weight excluding hydrogens is 502 g/mol. The van der Waals surface area contributed by atoms with Crippen molar-refractivity contribution in [2.24, 2.45) is 0 Å². The van der Waals surface area contributed by atoms with Gasteiger partial charge in [0.15, 0.2) is 0 Å². The number of carbonyl (C=O) groups excluding carboxylic acids is 1. The molecule has 5 nitrogen and oxygen atoms in total. The molecule has 1 heterocycles. The van der Waals surface area contributed by atoms with Gasteiger partial charge < -0.3 is 0 Å². The highest BCUT2D eigenvalue weighted by atomic mass is 35.5. The van der Waals surface area contributed by atoms with Gasteiger partial charge in [0, 0.05) is 0 Å². The topological polar surface area (TPSA) is 57.7 Å². The number of benzene rings is 3. The van der Waals surface area contributed by atoms with Gasteiger partial charge in [-0.2, -0.15) is 8.42 Å². The van der Waals surface area contributed by atoms with Crippen LogP contribution in [0.1, 0.15) is 21.5 Å². The predicted molar refractivity (Wildman–Crippen MR) is 124 cm³/mol. The van der Waals surface area contributed by atoms with E-state index in [9.17, 15) is 13.2 Å². The van der Waals surface area contributed by atoms with Crippen molar-refractivity contribution < 1.29 is 13.2 Å². The largest absolute Gasteiger partial charge is 0.329 e. The molecule has 31 heavy (non-hydrogen) atoms. The zero-order valence-corrected chi connectivity index (χ0v) is 19.6. The van der Waals surface area contributed by atoms with Crippen LogP contribution >= 0.6 is 46.4 Å². The van der Waals surface area contributed by atoms with Gasteiger partial charge in [-0.3, -0.25) is 4.79 Å². The number of carbonyl (C=O) groups is 1. The zero-order valence-electron chi connectivity index (χ0n) is 15.7. The van der Waals surface area contributed by atoms with Gasteiger partial charge >= 0.3 is 10.2 Å². The van der Waals surface area contributed by atoms with E-state index in [1.807, 2.05) is 30.3 Å². The second kappa shape index (κ2) is 8.52. The molecular formula is C21H14Cl4N2O3S. The molecule has 0 saturated heterocycles. The van der Waals surface area contributed by atoms with Crippen molar-refractivity contribution in [3.05, 3.63) is 97.4 Å². The third-order valence-electron chi connectivity index (χ3n) is 4.85.